The first kappa shape index (κ1) is 32.7. The van der Waals surface area contributed by atoms with Gasteiger partial charge in [-0.15, -0.1) is 31.6 Å². The van der Waals surface area contributed by atoms with Crippen molar-refractivity contribution in [2.24, 2.45) is 0 Å². The van der Waals surface area contributed by atoms with Gasteiger partial charge in [-0.05, 0) is 20.8 Å². The molecule has 48 heavy (non-hydrogen) atoms. The number of hydrogen-bond acceptors (Lipinski definition) is 15. The minimum absolute atomic E-state index is 0.133. The van der Waals surface area contributed by atoms with Gasteiger partial charge in [-0.25, -0.2) is 28.1 Å². The Hall–Kier alpha value is -8.19. The first-order chi connectivity index (χ1) is 23.1. The molecule has 18 heteroatoms. The lowest BCUT2D eigenvalue weighted by Gasteiger charge is -2.18. The smallest absolute Gasteiger partial charge is 0.345 e. The van der Waals surface area contributed by atoms with Gasteiger partial charge >= 0.3 is 17.1 Å². The molecule has 0 aliphatic heterocycles. The molecule has 3 aromatic carbocycles. The van der Waals surface area contributed by atoms with Gasteiger partial charge in [0.05, 0.1) is 17.1 Å². The van der Waals surface area contributed by atoms with Crippen molar-refractivity contribution >= 4 is 0 Å². The van der Waals surface area contributed by atoms with Crippen LogP contribution < -0.4 is 45.5 Å². The van der Waals surface area contributed by atoms with E-state index in [2.05, 4.69) is 0 Å². The number of ether oxygens (including phenoxy) is 6. The molecule has 0 unspecified atom stereocenters. The van der Waals surface area contributed by atoms with E-state index in [1.807, 2.05) is 0 Å². The fourth-order valence-corrected chi connectivity index (χ4v) is 4.47. The summed E-state index contributed by atoms with van der Waals surface area (Å²) in [6.45, 7) is 4.26. The maximum Gasteiger partial charge on any atom is 0.345 e. The molecule has 0 aliphatic rings. The second-order valence-electron chi connectivity index (χ2n) is 9.22. The fourth-order valence-electron chi connectivity index (χ4n) is 4.47. The number of nitrogens with zero attached hydrogens (tertiary/aromatic N) is 9. The van der Waals surface area contributed by atoms with Crippen LogP contribution in [-0.2, 0) is 0 Å². The molecule has 0 radical (unpaired) electrons. The standard InChI is InChI=1S/C30H15N9O9/c1-16-22(43-10-31)4-19(5-23(16)44-11-32)37-28(40)38(20-6-24(45-12-33)17(2)25(7-20)46-13-34)30(42)39(29(37)41)21-8-26(47-14-35)18(3)27(9-21)48-15-36/h4-9H,1-3H3. The molecule has 234 valence electrons. The summed E-state index contributed by atoms with van der Waals surface area (Å²) < 4.78 is 31.0. The Labute approximate surface area is 268 Å². The van der Waals surface area contributed by atoms with E-state index < -0.39 is 17.1 Å². The van der Waals surface area contributed by atoms with Crippen LogP contribution in [0.25, 0.3) is 17.1 Å². The van der Waals surface area contributed by atoms with Gasteiger partial charge in [0.1, 0.15) is 0 Å². The van der Waals surface area contributed by atoms with Crippen molar-refractivity contribution in [3.8, 4) is 89.1 Å². The number of aromatic nitrogens is 3. The van der Waals surface area contributed by atoms with Crippen molar-refractivity contribution in [2.75, 3.05) is 0 Å². The Kier molecular flexibility index (Phi) is 9.29. The fraction of sp³-hybridized carbons (Fsp3) is 0.100. The zero-order valence-electron chi connectivity index (χ0n) is 24.7. The van der Waals surface area contributed by atoms with Crippen molar-refractivity contribution in [3.05, 3.63) is 84.5 Å². The molecule has 0 spiro atoms. The average molecular weight is 646 g/mol. The molecular weight excluding hydrogens is 630 g/mol. The van der Waals surface area contributed by atoms with Gasteiger partial charge in [-0.1, -0.05) is 0 Å². The first-order valence-electron chi connectivity index (χ1n) is 12.9. The summed E-state index contributed by atoms with van der Waals surface area (Å²) in [6, 6.07) is 6.49. The van der Waals surface area contributed by atoms with Crippen molar-refractivity contribution in [1.82, 2.24) is 13.7 Å². The van der Waals surface area contributed by atoms with Gasteiger partial charge in [0.25, 0.3) is 37.5 Å². The third kappa shape index (κ3) is 5.82. The van der Waals surface area contributed by atoms with Crippen LogP contribution in [0.2, 0.25) is 0 Å². The second kappa shape index (κ2) is 13.6. The molecule has 1 heterocycles. The van der Waals surface area contributed by atoms with E-state index in [4.69, 9.17) is 28.4 Å². The van der Waals surface area contributed by atoms with E-state index in [0.29, 0.717) is 13.7 Å². The van der Waals surface area contributed by atoms with Crippen LogP contribution in [0.15, 0.2) is 50.8 Å². The molecule has 0 bridgehead atoms. The Bertz CT molecular complexity index is 2030. The van der Waals surface area contributed by atoms with Crippen molar-refractivity contribution in [2.45, 2.75) is 20.8 Å². The normalized spacial score (nSPS) is 9.69. The van der Waals surface area contributed by atoms with Gasteiger partial charge < -0.3 is 28.4 Å². The van der Waals surface area contributed by atoms with Crippen LogP contribution >= 0.6 is 0 Å². The van der Waals surface area contributed by atoms with Gasteiger partial charge in [-0.3, -0.25) is 0 Å². The number of benzene rings is 3. The first-order valence-corrected chi connectivity index (χ1v) is 12.9. The van der Waals surface area contributed by atoms with E-state index >= 15 is 0 Å². The molecule has 0 saturated carbocycles. The van der Waals surface area contributed by atoms with Crippen molar-refractivity contribution < 1.29 is 28.4 Å². The molecule has 0 fully saturated rings. The third-order valence-electron chi connectivity index (χ3n) is 6.75. The maximum absolute atomic E-state index is 14.2. The van der Waals surface area contributed by atoms with E-state index in [1.54, 1.807) is 0 Å². The summed E-state index contributed by atoms with van der Waals surface area (Å²) in [4.78, 5) is 42.6. The third-order valence-corrected chi connectivity index (χ3v) is 6.75. The van der Waals surface area contributed by atoms with E-state index in [9.17, 15) is 46.0 Å². The molecule has 18 nitrogen and oxygen atoms in total. The number of hydrogen-bond donors (Lipinski definition) is 0. The van der Waals surface area contributed by atoms with Gasteiger partial charge in [0.15, 0.2) is 34.5 Å². The zero-order valence-corrected chi connectivity index (χ0v) is 24.7. The van der Waals surface area contributed by atoms with Crippen LogP contribution in [0.3, 0.4) is 0 Å². The van der Waals surface area contributed by atoms with Crippen LogP contribution in [-0.4, -0.2) is 13.7 Å². The van der Waals surface area contributed by atoms with Crippen LogP contribution in [0.5, 0.6) is 34.5 Å². The molecule has 4 rings (SSSR count). The topological polar surface area (TPSA) is 264 Å². The van der Waals surface area contributed by atoms with Gasteiger partial charge in [0, 0.05) is 53.1 Å². The highest BCUT2D eigenvalue weighted by atomic mass is 16.5. The lowest BCUT2D eigenvalue weighted by atomic mass is 10.1. The van der Waals surface area contributed by atoms with E-state index in [1.165, 1.54) is 58.3 Å². The molecular formula is C30H15N9O9. The quantitative estimate of drug-likeness (QED) is 0.236. The number of nitriles is 6. The Balaban J connectivity index is 2.28. The Morgan fingerprint density at radius 2 is 0.562 bits per heavy atom. The predicted octanol–water partition coefficient (Wildman–Crippen LogP) is 2.22. The van der Waals surface area contributed by atoms with Gasteiger partial charge in [0.2, 0.25) is 0 Å². The monoisotopic (exact) mass is 645 g/mol. The van der Waals surface area contributed by atoms with Crippen LogP contribution in [0, 0.1) is 89.9 Å². The lowest BCUT2D eigenvalue weighted by Crippen LogP contribution is -2.52. The Morgan fingerprint density at radius 3 is 0.708 bits per heavy atom. The summed E-state index contributed by atoms with van der Waals surface area (Å²) in [6.07, 6.45) is 8.66. The lowest BCUT2D eigenvalue weighted by molar-refractivity contribution is 0.474. The summed E-state index contributed by atoms with van der Waals surface area (Å²) in [5.74, 6) is -1.39. The molecule has 0 aliphatic carbocycles. The molecule has 0 N–H and O–H groups in total. The second-order valence-corrected chi connectivity index (χ2v) is 9.22. The van der Waals surface area contributed by atoms with Crippen LogP contribution in [0.4, 0.5) is 0 Å². The molecule has 4 aromatic rings. The minimum Gasteiger partial charge on any atom is -0.388 e. The largest absolute Gasteiger partial charge is 0.388 e. The summed E-state index contributed by atoms with van der Waals surface area (Å²) in [5.41, 5.74) is -4.74. The molecule has 0 saturated heterocycles. The molecule has 0 atom stereocenters. The average Bonchev–Trinajstić information content (AvgIpc) is 3.04. The highest BCUT2D eigenvalue weighted by Gasteiger charge is 2.25. The number of rotatable bonds is 9. The zero-order chi connectivity index (χ0) is 35.1. The SMILES string of the molecule is Cc1c(OC#N)cc(-n2c(=O)n(-c3cc(OC#N)c(C)c(OC#N)c3)c(=O)n(-c3cc(OC#N)c(C)c(OC#N)c3)c2=O)cc1OC#N. The van der Waals surface area contributed by atoms with E-state index in [-0.39, 0.29) is 68.2 Å². The Morgan fingerprint density at radius 1 is 0.396 bits per heavy atom. The highest BCUT2D eigenvalue weighted by Crippen LogP contribution is 2.34. The van der Waals surface area contributed by atoms with Crippen LogP contribution in [0.1, 0.15) is 16.7 Å². The molecule has 0 amide bonds. The summed E-state index contributed by atoms with van der Waals surface area (Å²) in [7, 11) is 0. The van der Waals surface area contributed by atoms with E-state index in [0.717, 1.165) is 36.4 Å². The van der Waals surface area contributed by atoms with Crippen molar-refractivity contribution in [3.63, 3.8) is 0 Å². The van der Waals surface area contributed by atoms with Crippen molar-refractivity contribution in [1.29, 1.82) is 31.6 Å². The highest BCUT2D eigenvalue weighted by molar-refractivity contribution is 5.57. The predicted molar refractivity (Wildman–Crippen MR) is 155 cm³/mol. The molecule has 1 aromatic heterocycles. The maximum atomic E-state index is 14.2. The summed E-state index contributed by atoms with van der Waals surface area (Å²) >= 11 is 0. The van der Waals surface area contributed by atoms with Gasteiger partial charge in [-0.2, -0.15) is 0 Å². The summed E-state index contributed by atoms with van der Waals surface area (Å²) in [5, 5.41) is 55.1. The minimum atomic E-state index is -1.35.